The lowest BCUT2D eigenvalue weighted by Crippen LogP contribution is -2.11. The van der Waals surface area contributed by atoms with Gasteiger partial charge in [0.25, 0.3) is 5.91 Å². The van der Waals surface area contributed by atoms with Crippen LogP contribution in [0.3, 0.4) is 0 Å². The first kappa shape index (κ1) is 19.3. The average Bonchev–Trinajstić information content (AvgIpc) is 3.14. The third-order valence-electron chi connectivity index (χ3n) is 4.00. The van der Waals surface area contributed by atoms with Crippen molar-refractivity contribution in [1.29, 1.82) is 5.26 Å². The van der Waals surface area contributed by atoms with E-state index in [4.69, 9.17) is 0 Å². The molecule has 28 heavy (non-hydrogen) atoms. The maximum atomic E-state index is 12.3. The van der Waals surface area contributed by atoms with Crippen LogP contribution in [0.5, 0.6) is 0 Å². The molecule has 3 aromatic rings. The summed E-state index contributed by atoms with van der Waals surface area (Å²) in [6.07, 6.45) is 1.76. The summed E-state index contributed by atoms with van der Waals surface area (Å²) in [6.45, 7) is 1.93. The molecular weight excluding hydrogens is 370 g/mol. The smallest absolute Gasteiger partial charge is 0.257 e. The number of carbonyl (C=O) groups excluding carboxylic acids is 1. The summed E-state index contributed by atoms with van der Waals surface area (Å²) in [5.74, 6) is -0.256. The predicted molar refractivity (Wildman–Crippen MR) is 113 cm³/mol. The Morgan fingerprint density at radius 2 is 1.93 bits per heavy atom. The van der Waals surface area contributed by atoms with Gasteiger partial charge in [-0.2, -0.15) is 5.26 Å². The van der Waals surface area contributed by atoms with Gasteiger partial charge in [-0.3, -0.25) is 10.1 Å². The van der Waals surface area contributed by atoms with Crippen molar-refractivity contribution in [2.24, 2.45) is 0 Å². The fourth-order valence-electron chi connectivity index (χ4n) is 2.52. The lowest BCUT2D eigenvalue weighted by Gasteiger charge is -2.11. The Labute approximate surface area is 167 Å². The van der Waals surface area contributed by atoms with Crippen LogP contribution in [0.2, 0.25) is 0 Å². The van der Waals surface area contributed by atoms with E-state index >= 15 is 0 Å². The number of hydrogen-bond donors (Lipinski definition) is 1. The molecule has 1 N–H and O–H groups in total. The molecule has 0 atom stereocenters. The zero-order valence-electron chi connectivity index (χ0n) is 15.8. The zero-order chi connectivity index (χ0) is 20.1. The summed E-state index contributed by atoms with van der Waals surface area (Å²) in [5.41, 5.74) is 3.91. The van der Waals surface area contributed by atoms with Crippen LogP contribution >= 0.6 is 11.3 Å². The summed E-state index contributed by atoms with van der Waals surface area (Å²) in [5, 5.41) is 21.1. The molecule has 0 bridgehead atoms. The van der Waals surface area contributed by atoms with Crippen LogP contribution in [-0.2, 0) is 0 Å². The van der Waals surface area contributed by atoms with E-state index in [2.05, 4.69) is 21.6 Å². The Hall–Kier alpha value is -3.50. The maximum Gasteiger partial charge on any atom is 0.257 e. The maximum absolute atomic E-state index is 12.3. The van der Waals surface area contributed by atoms with E-state index in [9.17, 15) is 10.1 Å². The molecule has 3 rings (SSSR count). The second-order valence-corrected chi connectivity index (χ2v) is 7.37. The first-order valence-corrected chi connectivity index (χ1v) is 9.39. The number of rotatable bonds is 5. The molecule has 1 aromatic heterocycles. The van der Waals surface area contributed by atoms with Crippen molar-refractivity contribution in [1.82, 2.24) is 10.2 Å². The number of allylic oxidation sites excluding steroid dienone is 1. The Kier molecular flexibility index (Phi) is 5.82. The van der Waals surface area contributed by atoms with Crippen LogP contribution in [0.4, 0.5) is 10.8 Å². The van der Waals surface area contributed by atoms with Gasteiger partial charge < -0.3 is 4.90 Å². The number of carbonyl (C=O) groups is 1. The molecule has 0 aliphatic carbocycles. The minimum absolute atomic E-state index is 0.256. The second kappa shape index (κ2) is 8.46. The number of nitrogens with one attached hydrogen (secondary N) is 1. The molecule has 0 radical (unpaired) electrons. The number of anilines is 2. The third kappa shape index (κ3) is 4.61. The molecular formula is C21H19N5OS. The number of nitrogens with zero attached hydrogens (tertiary/aromatic N) is 4. The van der Waals surface area contributed by atoms with Gasteiger partial charge in [0.15, 0.2) is 5.01 Å². The van der Waals surface area contributed by atoms with E-state index in [-0.39, 0.29) is 5.91 Å². The summed E-state index contributed by atoms with van der Waals surface area (Å²) in [7, 11) is 3.94. The molecule has 1 heterocycles. The van der Waals surface area contributed by atoms with Crippen LogP contribution in [0, 0.1) is 18.3 Å². The molecule has 2 aromatic carbocycles. The van der Waals surface area contributed by atoms with Gasteiger partial charge in [-0.1, -0.05) is 41.2 Å². The highest BCUT2D eigenvalue weighted by molar-refractivity contribution is 7.16. The Balaban J connectivity index is 1.77. The molecule has 1 amide bonds. The summed E-state index contributed by atoms with van der Waals surface area (Å²) in [6, 6.07) is 17.3. The molecule has 140 valence electrons. The van der Waals surface area contributed by atoms with Gasteiger partial charge in [-0.15, -0.1) is 10.2 Å². The number of hydrogen-bond acceptors (Lipinski definition) is 6. The fourth-order valence-corrected chi connectivity index (χ4v) is 3.22. The van der Waals surface area contributed by atoms with Crippen LogP contribution in [0.1, 0.15) is 26.5 Å². The van der Waals surface area contributed by atoms with Crippen molar-refractivity contribution in [3.8, 4) is 6.07 Å². The predicted octanol–water partition coefficient (Wildman–Crippen LogP) is 4.23. The van der Waals surface area contributed by atoms with Gasteiger partial charge in [-0.05, 0) is 42.8 Å². The Morgan fingerprint density at radius 3 is 2.57 bits per heavy atom. The first-order valence-electron chi connectivity index (χ1n) is 8.57. The number of nitriles is 1. The van der Waals surface area contributed by atoms with Gasteiger partial charge >= 0.3 is 0 Å². The second-order valence-electron chi connectivity index (χ2n) is 6.39. The Morgan fingerprint density at radius 1 is 1.18 bits per heavy atom. The molecule has 0 unspecified atom stereocenters. The van der Waals surface area contributed by atoms with Crippen LogP contribution in [-0.4, -0.2) is 30.2 Å². The number of aryl methyl sites for hydroxylation is 1. The molecule has 7 heteroatoms. The number of amides is 1. The van der Waals surface area contributed by atoms with Crippen molar-refractivity contribution in [3.63, 3.8) is 0 Å². The van der Waals surface area contributed by atoms with Gasteiger partial charge in [0.2, 0.25) is 5.13 Å². The molecule has 0 fully saturated rings. The van der Waals surface area contributed by atoms with Gasteiger partial charge in [0.1, 0.15) is 6.07 Å². The monoisotopic (exact) mass is 389 g/mol. The van der Waals surface area contributed by atoms with Crippen molar-refractivity contribution < 1.29 is 4.79 Å². The van der Waals surface area contributed by atoms with E-state index in [1.54, 1.807) is 18.2 Å². The van der Waals surface area contributed by atoms with E-state index in [0.29, 0.717) is 21.3 Å². The normalized spacial score (nSPS) is 11.0. The zero-order valence-corrected chi connectivity index (χ0v) is 16.6. The topological polar surface area (TPSA) is 81.9 Å². The fraction of sp³-hybridized carbons (Fsp3) is 0.143. The highest BCUT2D eigenvalue weighted by atomic mass is 32.1. The first-order chi connectivity index (χ1) is 13.5. The van der Waals surface area contributed by atoms with Gasteiger partial charge in [0, 0.05) is 25.3 Å². The van der Waals surface area contributed by atoms with E-state index in [1.165, 1.54) is 11.3 Å². The molecule has 0 saturated heterocycles. The quantitative estimate of drug-likeness (QED) is 0.661. The van der Waals surface area contributed by atoms with Gasteiger partial charge in [-0.25, -0.2) is 0 Å². The van der Waals surface area contributed by atoms with Crippen molar-refractivity contribution in [2.45, 2.75) is 6.92 Å². The van der Waals surface area contributed by atoms with E-state index in [0.717, 1.165) is 16.8 Å². The molecule has 0 aliphatic heterocycles. The number of aromatic nitrogens is 2. The minimum Gasteiger partial charge on any atom is -0.378 e. The standard InChI is InChI=1S/C21H19N5OS/c1-14-5-4-6-16(11-14)19(27)23-21-25-24-20(28-21)17(13-22)12-15-7-9-18(10-8-15)26(2)3/h4-12H,1-3H3,(H,23,25,27)/b17-12-. The summed E-state index contributed by atoms with van der Waals surface area (Å²) in [4.78, 5) is 14.3. The lowest BCUT2D eigenvalue weighted by molar-refractivity contribution is 0.102. The van der Waals surface area contributed by atoms with Crippen LogP contribution in [0.25, 0.3) is 11.6 Å². The van der Waals surface area contributed by atoms with E-state index < -0.39 is 0 Å². The SMILES string of the molecule is Cc1cccc(C(=O)Nc2nnc(/C(C#N)=C\c3ccc(N(C)C)cc3)s2)c1. The molecule has 0 saturated carbocycles. The third-order valence-corrected chi connectivity index (χ3v) is 4.87. The van der Waals surface area contributed by atoms with Crippen LogP contribution in [0.15, 0.2) is 48.5 Å². The van der Waals surface area contributed by atoms with Crippen molar-refractivity contribution in [2.75, 3.05) is 24.3 Å². The van der Waals surface area contributed by atoms with Crippen molar-refractivity contribution >= 4 is 39.7 Å². The highest BCUT2D eigenvalue weighted by Gasteiger charge is 2.13. The van der Waals surface area contributed by atoms with Gasteiger partial charge in [0.05, 0.1) is 5.57 Å². The minimum atomic E-state index is -0.256. The van der Waals surface area contributed by atoms with Crippen LogP contribution < -0.4 is 10.2 Å². The number of benzene rings is 2. The van der Waals surface area contributed by atoms with E-state index in [1.807, 2.05) is 62.3 Å². The molecule has 0 aliphatic rings. The summed E-state index contributed by atoms with van der Waals surface area (Å²) >= 11 is 1.17. The molecule has 6 nitrogen and oxygen atoms in total. The Bertz CT molecular complexity index is 1060. The lowest BCUT2D eigenvalue weighted by atomic mass is 10.1. The largest absolute Gasteiger partial charge is 0.378 e. The highest BCUT2D eigenvalue weighted by Crippen LogP contribution is 2.25. The molecule has 0 spiro atoms. The average molecular weight is 389 g/mol. The van der Waals surface area contributed by atoms with Crippen molar-refractivity contribution in [3.05, 3.63) is 70.2 Å². The summed E-state index contributed by atoms with van der Waals surface area (Å²) < 4.78 is 0.